The summed E-state index contributed by atoms with van der Waals surface area (Å²) in [5.41, 5.74) is 0.354. The van der Waals surface area contributed by atoms with Crippen LogP contribution in [0.15, 0.2) is 18.2 Å². The van der Waals surface area contributed by atoms with Crippen molar-refractivity contribution in [2.75, 3.05) is 18.5 Å². The molecule has 0 fully saturated rings. The first-order valence-electron chi connectivity index (χ1n) is 4.83. The van der Waals surface area contributed by atoms with E-state index in [1.165, 1.54) is 6.07 Å². The number of nitro benzene ring substituents is 1. The first-order valence-corrected chi connectivity index (χ1v) is 5.21. The summed E-state index contributed by atoms with van der Waals surface area (Å²) in [6.07, 6.45) is 0. The first-order chi connectivity index (χ1) is 7.54. The number of nitrogens with zero attached hydrogens (tertiary/aromatic N) is 1. The minimum absolute atomic E-state index is 0.0361. The van der Waals surface area contributed by atoms with Crippen LogP contribution in [-0.2, 0) is 0 Å². The van der Waals surface area contributed by atoms with E-state index in [-0.39, 0.29) is 18.2 Å². The number of aliphatic hydroxyl groups excluding tert-OH is 1. The van der Waals surface area contributed by atoms with Gasteiger partial charge in [-0.05, 0) is 18.1 Å². The predicted octanol–water partition coefficient (Wildman–Crippen LogP) is 2.29. The SMILES string of the molecule is CC(CO)CNc1ccc(Cl)cc1[N+](=O)[O-]. The van der Waals surface area contributed by atoms with Crippen molar-refractivity contribution >= 4 is 23.0 Å². The van der Waals surface area contributed by atoms with Crippen molar-refractivity contribution in [1.29, 1.82) is 0 Å². The highest BCUT2D eigenvalue weighted by Crippen LogP contribution is 2.27. The highest BCUT2D eigenvalue weighted by atomic mass is 35.5. The number of rotatable bonds is 5. The van der Waals surface area contributed by atoms with Gasteiger partial charge >= 0.3 is 0 Å². The highest BCUT2D eigenvalue weighted by Gasteiger charge is 2.14. The fourth-order valence-corrected chi connectivity index (χ4v) is 1.32. The van der Waals surface area contributed by atoms with Crippen LogP contribution in [0.3, 0.4) is 0 Å². The van der Waals surface area contributed by atoms with Crippen LogP contribution in [0, 0.1) is 16.0 Å². The Morgan fingerprint density at radius 2 is 2.31 bits per heavy atom. The Bertz CT molecular complexity index is 384. The van der Waals surface area contributed by atoms with E-state index < -0.39 is 4.92 Å². The third-order valence-corrected chi connectivity index (χ3v) is 2.34. The van der Waals surface area contributed by atoms with Crippen LogP contribution in [0.5, 0.6) is 0 Å². The summed E-state index contributed by atoms with van der Waals surface area (Å²) < 4.78 is 0. The molecule has 1 rings (SSSR count). The molecular weight excluding hydrogens is 232 g/mol. The molecule has 0 bridgehead atoms. The number of nitro groups is 1. The number of benzene rings is 1. The molecule has 1 aromatic carbocycles. The monoisotopic (exact) mass is 244 g/mol. The Labute approximate surface area is 98.2 Å². The van der Waals surface area contributed by atoms with Crippen molar-refractivity contribution in [2.24, 2.45) is 5.92 Å². The quantitative estimate of drug-likeness (QED) is 0.616. The first kappa shape index (κ1) is 12.7. The Balaban J connectivity index is 2.82. The van der Waals surface area contributed by atoms with Gasteiger partial charge in [-0.25, -0.2) is 0 Å². The van der Waals surface area contributed by atoms with Gasteiger partial charge in [0.15, 0.2) is 0 Å². The summed E-state index contributed by atoms with van der Waals surface area (Å²) in [6, 6.07) is 4.44. The molecule has 2 N–H and O–H groups in total. The molecule has 0 aromatic heterocycles. The zero-order chi connectivity index (χ0) is 12.1. The van der Waals surface area contributed by atoms with Crippen LogP contribution in [0.4, 0.5) is 11.4 Å². The fourth-order valence-electron chi connectivity index (χ4n) is 1.15. The lowest BCUT2D eigenvalue weighted by Gasteiger charge is -2.11. The molecule has 0 amide bonds. The second-order valence-electron chi connectivity index (χ2n) is 3.59. The van der Waals surface area contributed by atoms with E-state index in [4.69, 9.17) is 16.7 Å². The fraction of sp³-hybridized carbons (Fsp3) is 0.400. The molecule has 0 heterocycles. The lowest BCUT2D eigenvalue weighted by Crippen LogP contribution is -2.15. The number of hydrogen-bond donors (Lipinski definition) is 2. The smallest absolute Gasteiger partial charge is 0.293 e. The van der Waals surface area contributed by atoms with Gasteiger partial charge in [0, 0.05) is 24.2 Å². The second kappa shape index (κ2) is 5.67. The zero-order valence-corrected chi connectivity index (χ0v) is 9.57. The standard InChI is InChI=1S/C10H13ClN2O3/c1-7(6-14)5-12-9-3-2-8(11)4-10(9)13(15)16/h2-4,7,12,14H,5-6H2,1H3. The second-order valence-corrected chi connectivity index (χ2v) is 4.02. The van der Waals surface area contributed by atoms with Crippen molar-refractivity contribution in [3.05, 3.63) is 33.3 Å². The van der Waals surface area contributed by atoms with Gasteiger partial charge in [-0.1, -0.05) is 18.5 Å². The van der Waals surface area contributed by atoms with E-state index in [1.54, 1.807) is 12.1 Å². The highest BCUT2D eigenvalue weighted by molar-refractivity contribution is 6.30. The molecule has 0 aliphatic carbocycles. The van der Waals surface area contributed by atoms with Crippen LogP contribution in [0.1, 0.15) is 6.92 Å². The average molecular weight is 245 g/mol. The number of aliphatic hydroxyl groups is 1. The third kappa shape index (κ3) is 3.36. The maximum Gasteiger partial charge on any atom is 0.293 e. The van der Waals surface area contributed by atoms with Gasteiger partial charge in [-0.3, -0.25) is 10.1 Å². The van der Waals surface area contributed by atoms with Crippen LogP contribution in [-0.4, -0.2) is 23.2 Å². The Kier molecular flexibility index (Phi) is 4.52. The minimum Gasteiger partial charge on any atom is -0.396 e. The van der Waals surface area contributed by atoms with Gasteiger partial charge in [0.2, 0.25) is 0 Å². The molecule has 1 atom stereocenters. The molecule has 1 unspecified atom stereocenters. The van der Waals surface area contributed by atoms with Gasteiger partial charge in [0.05, 0.1) is 4.92 Å². The minimum atomic E-state index is -0.488. The summed E-state index contributed by atoms with van der Waals surface area (Å²) in [6.45, 7) is 2.35. The summed E-state index contributed by atoms with van der Waals surface area (Å²) in [4.78, 5) is 10.3. The Morgan fingerprint density at radius 1 is 1.62 bits per heavy atom. The van der Waals surface area contributed by atoms with Gasteiger partial charge in [-0.2, -0.15) is 0 Å². The van der Waals surface area contributed by atoms with Gasteiger partial charge in [0.25, 0.3) is 5.69 Å². The Morgan fingerprint density at radius 3 is 2.88 bits per heavy atom. The predicted molar refractivity (Wildman–Crippen MR) is 62.8 cm³/mol. The molecule has 16 heavy (non-hydrogen) atoms. The largest absolute Gasteiger partial charge is 0.396 e. The molecule has 6 heteroatoms. The summed E-state index contributed by atoms with van der Waals surface area (Å²) in [7, 11) is 0. The van der Waals surface area contributed by atoms with E-state index in [0.717, 1.165) is 0 Å². The van der Waals surface area contributed by atoms with Gasteiger partial charge in [-0.15, -0.1) is 0 Å². The van der Waals surface area contributed by atoms with Crippen molar-refractivity contribution in [2.45, 2.75) is 6.92 Å². The van der Waals surface area contributed by atoms with Crippen LogP contribution in [0.2, 0.25) is 5.02 Å². The average Bonchev–Trinajstić information content (AvgIpc) is 2.26. The zero-order valence-electron chi connectivity index (χ0n) is 8.81. The molecule has 88 valence electrons. The Hall–Kier alpha value is -1.33. The third-order valence-electron chi connectivity index (χ3n) is 2.11. The molecule has 1 aromatic rings. The summed E-state index contributed by atoms with van der Waals surface area (Å²) in [5.74, 6) is 0.0373. The molecule has 0 aliphatic heterocycles. The van der Waals surface area contributed by atoms with E-state index in [2.05, 4.69) is 5.32 Å². The van der Waals surface area contributed by atoms with Crippen molar-refractivity contribution < 1.29 is 10.0 Å². The maximum absolute atomic E-state index is 10.7. The molecular formula is C10H13ClN2O3. The number of hydrogen-bond acceptors (Lipinski definition) is 4. The number of halogens is 1. The van der Waals surface area contributed by atoms with Crippen molar-refractivity contribution in [3.8, 4) is 0 Å². The van der Waals surface area contributed by atoms with Crippen molar-refractivity contribution in [3.63, 3.8) is 0 Å². The molecule has 0 saturated carbocycles. The molecule has 0 aliphatic rings. The lowest BCUT2D eigenvalue weighted by atomic mass is 10.2. The number of nitrogens with one attached hydrogen (secondary N) is 1. The van der Waals surface area contributed by atoms with Gasteiger partial charge < -0.3 is 10.4 Å². The van der Waals surface area contributed by atoms with Crippen LogP contribution < -0.4 is 5.32 Å². The van der Waals surface area contributed by atoms with E-state index in [0.29, 0.717) is 17.3 Å². The summed E-state index contributed by atoms with van der Waals surface area (Å²) >= 11 is 5.68. The normalized spacial score (nSPS) is 12.2. The van der Waals surface area contributed by atoms with Gasteiger partial charge in [0.1, 0.15) is 5.69 Å². The van der Waals surface area contributed by atoms with E-state index in [1.807, 2.05) is 6.92 Å². The molecule has 0 spiro atoms. The van der Waals surface area contributed by atoms with Crippen LogP contribution >= 0.6 is 11.6 Å². The van der Waals surface area contributed by atoms with E-state index in [9.17, 15) is 10.1 Å². The topological polar surface area (TPSA) is 75.4 Å². The molecule has 0 saturated heterocycles. The van der Waals surface area contributed by atoms with E-state index >= 15 is 0 Å². The molecule has 5 nitrogen and oxygen atoms in total. The van der Waals surface area contributed by atoms with Crippen LogP contribution in [0.25, 0.3) is 0 Å². The lowest BCUT2D eigenvalue weighted by molar-refractivity contribution is -0.383. The molecule has 0 radical (unpaired) electrons. The summed E-state index contributed by atoms with van der Waals surface area (Å²) in [5, 5.41) is 22.8. The number of anilines is 1. The van der Waals surface area contributed by atoms with Crippen molar-refractivity contribution in [1.82, 2.24) is 0 Å². The maximum atomic E-state index is 10.7.